The van der Waals surface area contributed by atoms with Crippen LogP contribution in [0.2, 0.25) is 0 Å². The highest BCUT2D eigenvalue weighted by molar-refractivity contribution is 5.89. The minimum Gasteiger partial charge on any atom is -0.467 e. The monoisotopic (exact) mass is 275 g/mol. The van der Waals surface area contributed by atoms with Crippen molar-refractivity contribution in [2.24, 2.45) is 5.73 Å². The smallest absolute Gasteiger partial charge is 0.242 e. The molecule has 1 aromatic heterocycles. The summed E-state index contributed by atoms with van der Waals surface area (Å²) >= 11 is 0. The lowest BCUT2D eigenvalue weighted by atomic mass is 10.2. The number of halogens is 1. The van der Waals surface area contributed by atoms with Crippen LogP contribution in [0.4, 0.5) is 0 Å². The number of carbonyl (C=O) groups excluding carboxylic acids is 2. The molecule has 0 radical (unpaired) electrons. The fraction of sp³-hybridized carbons (Fsp3) is 0.455. The average Bonchev–Trinajstić information content (AvgIpc) is 2.78. The van der Waals surface area contributed by atoms with Gasteiger partial charge in [0.25, 0.3) is 0 Å². The van der Waals surface area contributed by atoms with Crippen LogP contribution in [0.25, 0.3) is 0 Å². The van der Waals surface area contributed by atoms with Crippen LogP contribution in [0.5, 0.6) is 0 Å². The molecule has 0 spiro atoms. The van der Waals surface area contributed by atoms with Crippen molar-refractivity contribution in [2.75, 3.05) is 0 Å². The molecule has 0 aliphatic rings. The molecule has 0 saturated carbocycles. The molecule has 1 rings (SSSR count). The van der Waals surface area contributed by atoms with Gasteiger partial charge in [-0.1, -0.05) is 0 Å². The number of rotatable bonds is 5. The molecule has 0 bridgehead atoms. The molecule has 0 aliphatic carbocycles. The van der Waals surface area contributed by atoms with E-state index in [2.05, 4.69) is 10.6 Å². The second-order valence-electron chi connectivity index (χ2n) is 3.82. The van der Waals surface area contributed by atoms with Gasteiger partial charge in [-0.15, -0.1) is 12.4 Å². The molecule has 0 saturated heterocycles. The van der Waals surface area contributed by atoms with Crippen molar-refractivity contribution >= 4 is 24.2 Å². The first-order valence-electron chi connectivity index (χ1n) is 5.36. The highest BCUT2D eigenvalue weighted by atomic mass is 35.5. The van der Waals surface area contributed by atoms with Gasteiger partial charge < -0.3 is 20.8 Å². The zero-order chi connectivity index (χ0) is 12.8. The molecule has 0 aliphatic heterocycles. The van der Waals surface area contributed by atoms with E-state index in [-0.39, 0.29) is 24.2 Å². The maximum Gasteiger partial charge on any atom is 0.242 e. The molecule has 2 atom stereocenters. The number of hydrogen-bond acceptors (Lipinski definition) is 4. The molecular formula is C11H18ClN3O3. The van der Waals surface area contributed by atoms with E-state index in [0.717, 1.165) is 0 Å². The lowest BCUT2D eigenvalue weighted by Crippen LogP contribution is -2.49. The summed E-state index contributed by atoms with van der Waals surface area (Å²) in [5, 5.41) is 5.14. The van der Waals surface area contributed by atoms with E-state index in [0.29, 0.717) is 12.3 Å². The molecule has 7 heteroatoms. The van der Waals surface area contributed by atoms with E-state index in [1.165, 1.54) is 6.26 Å². The van der Waals surface area contributed by atoms with E-state index < -0.39 is 12.1 Å². The highest BCUT2D eigenvalue weighted by Crippen LogP contribution is 1.98. The highest BCUT2D eigenvalue weighted by Gasteiger charge is 2.17. The second-order valence-corrected chi connectivity index (χ2v) is 3.82. The van der Waals surface area contributed by atoms with Gasteiger partial charge in [-0.2, -0.15) is 0 Å². The Morgan fingerprint density at radius 1 is 1.39 bits per heavy atom. The molecule has 102 valence electrons. The SMILES string of the molecule is CC(N)C(=O)NC(C)C(=O)NCc1ccco1.Cl. The molecular weight excluding hydrogens is 258 g/mol. The van der Waals surface area contributed by atoms with Crippen molar-refractivity contribution < 1.29 is 14.0 Å². The van der Waals surface area contributed by atoms with Gasteiger partial charge in [-0.3, -0.25) is 9.59 Å². The van der Waals surface area contributed by atoms with E-state index in [4.69, 9.17) is 10.2 Å². The number of carbonyl (C=O) groups is 2. The summed E-state index contributed by atoms with van der Waals surface area (Å²) in [6.07, 6.45) is 1.53. The maximum atomic E-state index is 11.6. The van der Waals surface area contributed by atoms with Gasteiger partial charge in [0.15, 0.2) is 0 Å². The maximum absolute atomic E-state index is 11.6. The van der Waals surface area contributed by atoms with Crippen molar-refractivity contribution in [3.05, 3.63) is 24.2 Å². The molecule has 0 fully saturated rings. The second kappa shape index (κ2) is 7.73. The Kier molecular flexibility index (Phi) is 7.07. The zero-order valence-electron chi connectivity index (χ0n) is 10.3. The lowest BCUT2D eigenvalue weighted by molar-refractivity contribution is -0.129. The third-order valence-corrected chi connectivity index (χ3v) is 2.18. The van der Waals surface area contributed by atoms with E-state index in [1.807, 2.05) is 0 Å². The quantitative estimate of drug-likeness (QED) is 0.713. The fourth-order valence-corrected chi connectivity index (χ4v) is 1.15. The van der Waals surface area contributed by atoms with E-state index in [1.54, 1.807) is 26.0 Å². The summed E-state index contributed by atoms with van der Waals surface area (Å²) in [5.41, 5.74) is 5.38. The first-order valence-corrected chi connectivity index (χ1v) is 5.36. The summed E-state index contributed by atoms with van der Waals surface area (Å²) in [6.45, 7) is 3.45. The normalized spacial score (nSPS) is 13.1. The molecule has 2 unspecified atom stereocenters. The minimum absolute atomic E-state index is 0. The first-order chi connectivity index (χ1) is 8.00. The van der Waals surface area contributed by atoms with Crippen LogP contribution in [-0.4, -0.2) is 23.9 Å². The van der Waals surface area contributed by atoms with Gasteiger partial charge in [0.1, 0.15) is 11.8 Å². The Hall–Kier alpha value is -1.53. The molecule has 18 heavy (non-hydrogen) atoms. The average molecular weight is 276 g/mol. The van der Waals surface area contributed by atoms with Crippen LogP contribution in [0.15, 0.2) is 22.8 Å². The Bertz CT molecular complexity index is 379. The van der Waals surface area contributed by atoms with Gasteiger partial charge in [-0.25, -0.2) is 0 Å². The molecule has 4 N–H and O–H groups in total. The first kappa shape index (κ1) is 16.5. The van der Waals surface area contributed by atoms with Crippen LogP contribution in [0.3, 0.4) is 0 Å². The number of hydrogen-bond donors (Lipinski definition) is 3. The predicted octanol–water partition coefficient (Wildman–Crippen LogP) is 0.169. The Balaban J connectivity index is 0.00000289. The van der Waals surface area contributed by atoms with Crippen molar-refractivity contribution in [3.8, 4) is 0 Å². The van der Waals surface area contributed by atoms with E-state index in [9.17, 15) is 9.59 Å². The van der Waals surface area contributed by atoms with Gasteiger partial charge in [-0.05, 0) is 26.0 Å². The third-order valence-electron chi connectivity index (χ3n) is 2.18. The van der Waals surface area contributed by atoms with Crippen molar-refractivity contribution in [1.29, 1.82) is 0 Å². The van der Waals surface area contributed by atoms with Gasteiger partial charge in [0.05, 0.1) is 18.8 Å². The minimum atomic E-state index is -0.629. The molecule has 1 aromatic rings. The van der Waals surface area contributed by atoms with Crippen LogP contribution < -0.4 is 16.4 Å². The van der Waals surface area contributed by atoms with E-state index >= 15 is 0 Å². The molecule has 0 aromatic carbocycles. The number of amides is 2. The summed E-state index contributed by atoms with van der Waals surface area (Å²) in [5.74, 6) is 0.0186. The standard InChI is InChI=1S/C11H17N3O3.ClH/c1-7(12)10(15)14-8(2)11(16)13-6-9-4-3-5-17-9;/h3-5,7-8H,6,12H2,1-2H3,(H,13,16)(H,14,15);1H. The zero-order valence-corrected chi connectivity index (χ0v) is 11.1. The number of nitrogens with two attached hydrogens (primary N) is 1. The Labute approximate surface area is 112 Å². The summed E-state index contributed by atoms with van der Waals surface area (Å²) in [4.78, 5) is 22.8. The summed E-state index contributed by atoms with van der Waals surface area (Å²) < 4.78 is 5.06. The molecule has 6 nitrogen and oxygen atoms in total. The number of furan rings is 1. The van der Waals surface area contributed by atoms with Gasteiger partial charge in [0, 0.05) is 0 Å². The lowest BCUT2D eigenvalue weighted by Gasteiger charge is -2.14. The van der Waals surface area contributed by atoms with Crippen LogP contribution in [-0.2, 0) is 16.1 Å². The summed E-state index contributed by atoms with van der Waals surface area (Å²) in [6, 6.07) is 2.24. The number of nitrogens with one attached hydrogen (secondary N) is 2. The van der Waals surface area contributed by atoms with Crippen LogP contribution in [0, 0.1) is 0 Å². The molecule has 2 amide bonds. The summed E-state index contributed by atoms with van der Waals surface area (Å²) in [7, 11) is 0. The Morgan fingerprint density at radius 3 is 2.56 bits per heavy atom. The molecule has 1 heterocycles. The van der Waals surface area contributed by atoms with Crippen LogP contribution in [0.1, 0.15) is 19.6 Å². The van der Waals surface area contributed by atoms with Crippen molar-refractivity contribution in [3.63, 3.8) is 0 Å². The topological polar surface area (TPSA) is 97.4 Å². The Morgan fingerprint density at radius 2 is 2.06 bits per heavy atom. The van der Waals surface area contributed by atoms with Crippen LogP contribution >= 0.6 is 12.4 Å². The largest absolute Gasteiger partial charge is 0.467 e. The van der Waals surface area contributed by atoms with Gasteiger partial charge in [0.2, 0.25) is 11.8 Å². The van der Waals surface area contributed by atoms with Crippen molar-refractivity contribution in [2.45, 2.75) is 32.5 Å². The predicted molar refractivity (Wildman–Crippen MR) is 69.1 cm³/mol. The van der Waals surface area contributed by atoms with Crippen molar-refractivity contribution in [1.82, 2.24) is 10.6 Å². The van der Waals surface area contributed by atoms with Gasteiger partial charge >= 0.3 is 0 Å². The fourth-order valence-electron chi connectivity index (χ4n) is 1.15. The third kappa shape index (κ3) is 5.20.